The number of para-hydroxylation sites is 1. The van der Waals surface area contributed by atoms with E-state index in [1.165, 1.54) is 25.1 Å². The van der Waals surface area contributed by atoms with E-state index in [9.17, 15) is 7.81 Å². The molecule has 0 spiro atoms. The standard InChI is InChI=1S/C8H8NO.2H2O.O.Sb/c1-7(10)9-8-5-3-2-4-6-8;;;;/h2-5H,1H3,(H,9,10);2*1H2;;/q;;;;+2/p-2. The average Bonchev–Trinajstić information content (AvgIpc) is 2.01. The van der Waals surface area contributed by atoms with Crippen LogP contribution < -0.4 is 8.83 Å². The van der Waals surface area contributed by atoms with Crippen LogP contribution in [0.1, 0.15) is 6.92 Å². The van der Waals surface area contributed by atoms with E-state index in [0.29, 0.717) is 0 Å². The summed E-state index contributed by atoms with van der Waals surface area (Å²) >= 11 is -5.23. The van der Waals surface area contributed by atoms with Crippen LogP contribution in [-0.4, -0.2) is 32.3 Å². The predicted molar refractivity (Wildman–Crippen MR) is 51.3 cm³/mol. The van der Waals surface area contributed by atoms with Gasteiger partial charge in [-0.2, -0.15) is 0 Å². The Hall–Kier alpha value is -0.772. The molecule has 0 heterocycles. The van der Waals surface area contributed by atoms with Gasteiger partial charge in [0.05, 0.1) is 0 Å². The van der Waals surface area contributed by atoms with Crippen molar-refractivity contribution in [3.63, 3.8) is 0 Å². The number of hydrogen-bond acceptors (Lipinski definition) is 2. The number of hydrogen-bond donors (Lipinski definition) is 3. The van der Waals surface area contributed by atoms with E-state index in [2.05, 4.69) is 5.32 Å². The first-order valence-corrected chi connectivity index (χ1v) is 8.44. The number of carbonyl (C=O) groups excluding carboxylic acids is 1. The third-order valence-corrected chi connectivity index (χ3v) is 4.43. The molecular weight excluding hydrogens is 296 g/mol. The number of amides is 1. The van der Waals surface area contributed by atoms with Gasteiger partial charge in [0.15, 0.2) is 0 Å². The molecule has 0 fully saturated rings. The van der Waals surface area contributed by atoms with Gasteiger partial charge in [-0.25, -0.2) is 0 Å². The van der Waals surface area contributed by atoms with Gasteiger partial charge in [0.1, 0.15) is 0 Å². The number of anilines is 1. The van der Waals surface area contributed by atoms with Gasteiger partial charge < -0.3 is 0 Å². The Morgan fingerprint density at radius 1 is 1.36 bits per heavy atom. The molecule has 76 valence electrons. The zero-order valence-corrected chi connectivity index (χ0v) is 10.0. The third kappa shape index (κ3) is 2.87. The van der Waals surface area contributed by atoms with Crippen LogP contribution in [0.2, 0.25) is 0 Å². The molecule has 0 saturated heterocycles. The van der Waals surface area contributed by atoms with E-state index in [-0.39, 0.29) is 15.1 Å². The van der Waals surface area contributed by atoms with Crippen LogP contribution in [0.25, 0.3) is 0 Å². The molecule has 3 N–H and O–H groups in total. The van der Waals surface area contributed by atoms with E-state index in [0.717, 1.165) is 0 Å². The van der Waals surface area contributed by atoms with E-state index >= 15 is 0 Å². The van der Waals surface area contributed by atoms with Gasteiger partial charge in [-0.05, 0) is 0 Å². The topological polar surface area (TPSA) is 86.6 Å². The summed E-state index contributed by atoms with van der Waals surface area (Å²) in [5, 5.41) is 2.37. The Balaban J connectivity index is 3.16. The van der Waals surface area contributed by atoms with Crippen molar-refractivity contribution in [3.05, 3.63) is 24.3 Å². The summed E-state index contributed by atoms with van der Waals surface area (Å²) in [6, 6.07) is 5.91. The van der Waals surface area contributed by atoms with Crippen molar-refractivity contribution >= 4 is 34.7 Å². The summed E-state index contributed by atoms with van der Waals surface area (Å²) in [6.45, 7) is 1.28. The fourth-order valence-electron chi connectivity index (χ4n) is 1.02. The summed E-state index contributed by atoms with van der Waals surface area (Å²) in [5.74, 6) is -0.355. The van der Waals surface area contributed by atoms with Crippen LogP contribution in [0.15, 0.2) is 24.3 Å². The zero-order valence-electron chi connectivity index (χ0n) is 7.47. The molecule has 0 aliphatic heterocycles. The van der Waals surface area contributed by atoms with Crippen molar-refractivity contribution in [2.24, 2.45) is 0 Å². The Kier molecular flexibility index (Phi) is 3.37. The average molecular weight is 306 g/mol. The summed E-state index contributed by atoms with van der Waals surface area (Å²) < 4.78 is 29.0. The Bertz CT molecular complexity index is 398. The summed E-state index contributed by atoms with van der Waals surface area (Å²) in [5.41, 5.74) is 0.186. The molecule has 0 atom stereocenters. The first-order chi connectivity index (χ1) is 6.41. The molecule has 1 aromatic carbocycles. The van der Waals surface area contributed by atoms with E-state index in [1.54, 1.807) is 6.07 Å². The van der Waals surface area contributed by atoms with Crippen molar-refractivity contribution in [2.75, 3.05) is 5.32 Å². The van der Waals surface area contributed by atoms with Crippen LogP contribution in [0, 0.1) is 0 Å². The minimum atomic E-state index is -5.23. The summed E-state index contributed by atoms with van der Waals surface area (Å²) in [6.07, 6.45) is 0. The van der Waals surface area contributed by atoms with Gasteiger partial charge in [-0.15, -0.1) is 0 Å². The number of nitrogens with one attached hydrogen (secondary N) is 1. The quantitative estimate of drug-likeness (QED) is 0.625. The first kappa shape index (κ1) is 11.3. The van der Waals surface area contributed by atoms with Crippen molar-refractivity contribution in [3.8, 4) is 0 Å². The van der Waals surface area contributed by atoms with Crippen molar-refractivity contribution in [2.45, 2.75) is 6.92 Å². The summed E-state index contributed by atoms with van der Waals surface area (Å²) in [4.78, 5) is 10.7. The van der Waals surface area contributed by atoms with Gasteiger partial charge in [-0.3, -0.25) is 0 Å². The molecule has 6 heteroatoms. The summed E-state index contributed by atoms with van der Waals surface area (Å²) in [7, 11) is 0. The number of rotatable bonds is 2. The minimum absolute atomic E-state index is 0.0822. The molecule has 0 radical (unpaired) electrons. The van der Waals surface area contributed by atoms with Crippen LogP contribution in [-0.2, 0) is 7.81 Å². The second-order valence-electron chi connectivity index (χ2n) is 2.74. The second-order valence-corrected chi connectivity index (χ2v) is 7.22. The van der Waals surface area contributed by atoms with Crippen LogP contribution in [0.5, 0.6) is 0 Å². The Morgan fingerprint density at radius 3 is 2.43 bits per heavy atom. The SMILES string of the molecule is CC(=O)Nc1cccc[c]1[Sb](=[O])([OH])[OH]. The molecular formula is C8H10NO4Sb. The second kappa shape index (κ2) is 4.17. The molecule has 14 heavy (non-hydrogen) atoms. The van der Waals surface area contributed by atoms with E-state index in [1.807, 2.05) is 0 Å². The van der Waals surface area contributed by atoms with Gasteiger partial charge >= 0.3 is 85.8 Å². The first-order valence-electron chi connectivity index (χ1n) is 3.84. The maximum atomic E-state index is 11.1. The van der Waals surface area contributed by atoms with Crippen LogP contribution in [0.4, 0.5) is 5.69 Å². The van der Waals surface area contributed by atoms with Gasteiger partial charge in [0, 0.05) is 0 Å². The Labute approximate surface area is 85.9 Å². The zero-order chi connectivity index (χ0) is 10.8. The molecule has 0 unspecified atom stereocenters. The van der Waals surface area contributed by atoms with E-state index < -0.39 is 19.6 Å². The molecule has 0 aliphatic rings. The molecule has 0 saturated carbocycles. The maximum absolute atomic E-state index is 11.1. The molecule has 1 aromatic rings. The number of benzene rings is 1. The van der Waals surface area contributed by atoms with Crippen LogP contribution in [0.3, 0.4) is 0 Å². The van der Waals surface area contributed by atoms with Crippen molar-refractivity contribution < 1.29 is 14.6 Å². The predicted octanol–water partition coefficient (Wildman–Crippen LogP) is -0.794. The number of carbonyl (C=O) groups is 1. The fraction of sp³-hybridized carbons (Fsp3) is 0.125. The fourth-order valence-corrected chi connectivity index (χ4v) is 3.09. The van der Waals surface area contributed by atoms with Gasteiger partial charge in [-0.1, -0.05) is 0 Å². The molecule has 1 amide bonds. The molecule has 5 nitrogen and oxygen atoms in total. The molecule has 1 rings (SSSR count). The van der Waals surface area contributed by atoms with Gasteiger partial charge in [0.2, 0.25) is 0 Å². The van der Waals surface area contributed by atoms with Gasteiger partial charge in [0.25, 0.3) is 0 Å². The Morgan fingerprint density at radius 2 is 1.93 bits per heavy atom. The van der Waals surface area contributed by atoms with Crippen LogP contribution >= 0.6 is 0 Å². The van der Waals surface area contributed by atoms with Crippen molar-refractivity contribution in [1.82, 2.24) is 0 Å². The third-order valence-electron chi connectivity index (χ3n) is 1.53. The van der Waals surface area contributed by atoms with E-state index in [4.69, 9.17) is 6.77 Å². The molecule has 0 aliphatic carbocycles. The normalized spacial score (nSPS) is 11.1. The monoisotopic (exact) mass is 305 g/mol. The molecule has 0 aromatic heterocycles. The molecule has 0 bridgehead atoms. The van der Waals surface area contributed by atoms with Crippen molar-refractivity contribution in [1.29, 1.82) is 0 Å².